The Bertz CT molecular complexity index is 396. The van der Waals surface area contributed by atoms with Crippen LogP contribution in [0.5, 0.6) is 0 Å². The van der Waals surface area contributed by atoms with E-state index in [9.17, 15) is 4.39 Å². The Morgan fingerprint density at radius 2 is 2.11 bits per heavy atom. The van der Waals surface area contributed by atoms with E-state index in [1.165, 1.54) is 6.07 Å². The molecule has 0 amide bonds. The molecule has 0 heterocycles. The first-order valence-corrected chi connectivity index (χ1v) is 6.52. The second-order valence-electron chi connectivity index (χ2n) is 4.02. The van der Waals surface area contributed by atoms with Crippen molar-refractivity contribution in [3.8, 4) is 0 Å². The summed E-state index contributed by atoms with van der Waals surface area (Å²) in [6.07, 6.45) is 0.626. The van der Waals surface area contributed by atoms with Gasteiger partial charge in [-0.3, -0.25) is 4.99 Å². The maximum Gasteiger partial charge on any atom is 0.191 e. The van der Waals surface area contributed by atoms with Gasteiger partial charge in [0, 0.05) is 20.2 Å². The molecular weight excluding hydrogens is 245 g/mol. The zero-order valence-electron chi connectivity index (χ0n) is 11.6. The topological polar surface area (TPSA) is 45.7 Å². The van der Waals surface area contributed by atoms with Gasteiger partial charge in [0.15, 0.2) is 5.96 Å². The summed E-state index contributed by atoms with van der Waals surface area (Å²) in [5.74, 6) is 0.571. The Balaban J connectivity index is 2.39. The molecule has 1 aromatic rings. The van der Waals surface area contributed by atoms with Gasteiger partial charge in [-0.15, -0.1) is 0 Å². The fourth-order valence-corrected chi connectivity index (χ4v) is 1.61. The van der Waals surface area contributed by atoms with Crippen molar-refractivity contribution in [2.45, 2.75) is 13.3 Å². The number of methoxy groups -OCH3 is 1. The van der Waals surface area contributed by atoms with Gasteiger partial charge in [0.25, 0.3) is 0 Å². The maximum atomic E-state index is 13.4. The Kier molecular flexibility index (Phi) is 7.58. The van der Waals surface area contributed by atoms with Gasteiger partial charge < -0.3 is 15.4 Å². The molecule has 0 saturated heterocycles. The van der Waals surface area contributed by atoms with Crippen LogP contribution in [0, 0.1) is 5.82 Å². The van der Waals surface area contributed by atoms with Crippen molar-refractivity contribution in [2.24, 2.45) is 4.99 Å². The summed E-state index contributed by atoms with van der Waals surface area (Å²) in [7, 11) is 1.65. The standard InChI is InChI=1S/C14H22FN3O/c1-3-16-14(18-10-11-19-2)17-9-8-12-6-4-5-7-13(12)15/h4-7H,3,8-11H2,1-2H3,(H2,16,17,18). The zero-order chi connectivity index (χ0) is 13.9. The van der Waals surface area contributed by atoms with Gasteiger partial charge in [0.1, 0.15) is 5.82 Å². The molecule has 0 aliphatic rings. The largest absolute Gasteiger partial charge is 0.383 e. The zero-order valence-corrected chi connectivity index (χ0v) is 11.6. The lowest BCUT2D eigenvalue weighted by molar-refractivity contribution is 0.208. The van der Waals surface area contributed by atoms with Crippen molar-refractivity contribution >= 4 is 5.96 Å². The van der Waals surface area contributed by atoms with Gasteiger partial charge >= 0.3 is 0 Å². The summed E-state index contributed by atoms with van der Waals surface area (Å²) in [6, 6.07) is 6.82. The molecule has 0 radical (unpaired) electrons. The summed E-state index contributed by atoms with van der Waals surface area (Å²) in [5, 5.41) is 6.30. The number of nitrogens with zero attached hydrogens (tertiary/aromatic N) is 1. The summed E-state index contributed by atoms with van der Waals surface area (Å²) >= 11 is 0. The minimum absolute atomic E-state index is 0.161. The van der Waals surface area contributed by atoms with Crippen LogP contribution < -0.4 is 10.6 Å². The first-order valence-electron chi connectivity index (χ1n) is 6.52. The van der Waals surface area contributed by atoms with Crippen molar-refractivity contribution in [2.75, 3.05) is 33.4 Å². The predicted octanol–water partition coefficient (Wildman–Crippen LogP) is 1.57. The van der Waals surface area contributed by atoms with Gasteiger partial charge in [0.2, 0.25) is 0 Å². The van der Waals surface area contributed by atoms with E-state index in [0.717, 1.165) is 12.5 Å². The van der Waals surface area contributed by atoms with Crippen LogP contribution in [-0.4, -0.2) is 39.3 Å². The molecule has 0 bridgehead atoms. The van der Waals surface area contributed by atoms with Gasteiger partial charge in [0.05, 0.1) is 13.2 Å². The van der Waals surface area contributed by atoms with Crippen LogP contribution in [0.4, 0.5) is 4.39 Å². The lowest BCUT2D eigenvalue weighted by atomic mass is 10.1. The number of hydrogen-bond acceptors (Lipinski definition) is 2. The lowest BCUT2D eigenvalue weighted by Crippen LogP contribution is -2.38. The average Bonchev–Trinajstić information content (AvgIpc) is 2.41. The van der Waals surface area contributed by atoms with Crippen molar-refractivity contribution < 1.29 is 9.13 Å². The highest BCUT2D eigenvalue weighted by Gasteiger charge is 2.01. The van der Waals surface area contributed by atoms with Gasteiger partial charge in [-0.2, -0.15) is 0 Å². The smallest absolute Gasteiger partial charge is 0.191 e. The summed E-state index contributed by atoms with van der Waals surface area (Å²) in [4.78, 5) is 4.33. The van der Waals surface area contributed by atoms with E-state index in [1.807, 2.05) is 13.0 Å². The number of halogens is 1. The first-order chi connectivity index (χ1) is 9.27. The monoisotopic (exact) mass is 267 g/mol. The van der Waals surface area contributed by atoms with Crippen LogP contribution in [0.15, 0.2) is 29.3 Å². The molecule has 1 aromatic carbocycles. The second-order valence-corrected chi connectivity index (χ2v) is 4.02. The SMILES string of the molecule is CCNC(=NCCOC)NCCc1ccccc1F. The summed E-state index contributed by atoms with van der Waals surface area (Å²) in [5.41, 5.74) is 0.711. The number of rotatable bonds is 7. The number of benzene rings is 1. The van der Waals surface area contributed by atoms with E-state index in [-0.39, 0.29) is 5.82 Å². The van der Waals surface area contributed by atoms with E-state index in [0.29, 0.717) is 31.7 Å². The van der Waals surface area contributed by atoms with Crippen molar-refractivity contribution in [1.29, 1.82) is 0 Å². The number of hydrogen-bond donors (Lipinski definition) is 2. The van der Waals surface area contributed by atoms with Gasteiger partial charge in [-0.05, 0) is 25.0 Å². The summed E-state index contributed by atoms with van der Waals surface area (Å²) < 4.78 is 18.4. The normalized spacial score (nSPS) is 11.4. The van der Waals surface area contributed by atoms with Crippen LogP contribution in [0.25, 0.3) is 0 Å². The molecule has 2 N–H and O–H groups in total. The fourth-order valence-electron chi connectivity index (χ4n) is 1.61. The third kappa shape index (κ3) is 6.20. The molecule has 19 heavy (non-hydrogen) atoms. The molecule has 0 aliphatic carbocycles. The molecule has 4 nitrogen and oxygen atoms in total. The van der Waals surface area contributed by atoms with Crippen LogP contribution in [-0.2, 0) is 11.2 Å². The van der Waals surface area contributed by atoms with Gasteiger partial charge in [-0.25, -0.2) is 4.39 Å². The van der Waals surface area contributed by atoms with E-state index >= 15 is 0 Å². The second kappa shape index (κ2) is 9.33. The third-order valence-electron chi connectivity index (χ3n) is 2.55. The maximum absolute atomic E-state index is 13.4. The minimum Gasteiger partial charge on any atom is -0.383 e. The summed E-state index contributed by atoms with van der Waals surface area (Å²) in [6.45, 7) is 4.62. The molecule has 0 saturated carbocycles. The molecule has 0 fully saturated rings. The molecule has 0 unspecified atom stereocenters. The van der Waals surface area contributed by atoms with Crippen molar-refractivity contribution in [1.82, 2.24) is 10.6 Å². The molecular formula is C14H22FN3O. The van der Waals surface area contributed by atoms with Crippen LogP contribution in [0.1, 0.15) is 12.5 Å². The molecule has 0 atom stereocenters. The van der Waals surface area contributed by atoms with Gasteiger partial charge in [-0.1, -0.05) is 18.2 Å². The molecule has 0 spiro atoms. The highest BCUT2D eigenvalue weighted by molar-refractivity contribution is 5.79. The Hall–Kier alpha value is -1.62. The quantitative estimate of drug-likeness (QED) is 0.448. The van der Waals surface area contributed by atoms with Crippen molar-refractivity contribution in [3.63, 3.8) is 0 Å². The van der Waals surface area contributed by atoms with E-state index in [1.54, 1.807) is 19.2 Å². The predicted molar refractivity (Wildman–Crippen MR) is 76.0 cm³/mol. The van der Waals surface area contributed by atoms with E-state index in [4.69, 9.17) is 4.74 Å². The fraction of sp³-hybridized carbons (Fsp3) is 0.500. The first kappa shape index (κ1) is 15.4. The number of nitrogens with one attached hydrogen (secondary N) is 2. The Morgan fingerprint density at radius 1 is 1.32 bits per heavy atom. The van der Waals surface area contributed by atoms with Crippen molar-refractivity contribution in [3.05, 3.63) is 35.6 Å². The number of guanidine groups is 1. The average molecular weight is 267 g/mol. The van der Waals surface area contributed by atoms with Crippen LogP contribution in [0.2, 0.25) is 0 Å². The molecule has 106 valence electrons. The van der Waals surface area contributed by atoms with Crippen LogP contribution >= 0.6 is 0 Å². The molecule has 5 heteroatoms. The highest BCUT2D eigenvalue weighted by Crippen LogP contribution is 2.05. The van der Waals surface area contributed by atoms with E-state index < -0.39 is 0 Å². The Morgan fingerprint density at radius 3 is 2.79 bits per heavy atom. The molecule has 1 rings (SSSR count). The Labute approximate surface area is 114 Å². The molecule has 0 aliphatic heterocycles. The molecule has 0 aromatic heterocycles. The van der Waals surface area contributed by atoms with Crippen LogP contribution in [0.3, 0.4) is 0 Å². The highest BCUT2D eigenvalue weighted by atomic mass is 19.1. The number of ether oxygens (including phenoxy) is 1. The number of aliphatic imine (C=N–C) groups is 1. The minimum atomic E-state index is -0.161. The lowest BCUT2D eigenvalue weighted by Gasteiger charge is -2.11. The van der Waals surface area contributed by atoms with E-state index in [2.05, 4.69) is 15.6 Å². The third-order valence-corrected chi connectivity index (χ3v) is 2.55.